The quantitative estimate of drug-likeness (QED) is 0.195. The van der Waals surface area contributed by atoms with Gasteiger partial charge in [0.05, 0.1) is 24.4 Å². The van der Waals surface area contributed by atoms with E-state index in [2.05, 4.69) is 59.9 Å². The summed E-state index contributed by atoms with van der Waals surface area (Å²) in [7, 11) is 0. The van der Waals surface area contributed by atoms with Crippen LogP contribution in [0.25, 0.3) is 0 Å². The summed E-state index contributed by atoms with van der Waals surface area (Å²) in [6.45, 7) is 31.6. The van der Waals surface area contributed by atoms with Crippen molar-refractivity contribution >= 4 is 0 Å². The van der Waals surface area contributed by atoms with Crippen molar-refractivity contribution in [3.05, 3.63) is 75.9 Å². The van der Waals surface area contributed by atoms with Crippen LogP contribution in [0.5, 0.6) is 0 Å². The fourth-order valence-electron chi connectivity index (χ4n) is 4.58. The van der Waals surface area contributed by atoms with Crippen LogP contribution < -0.4 is 10.6 Å². The summed E-state index contributed by atoms with van der Waals surface area (Å²) in [4.78, 5) is 4.64. The van der Waals surface area contributed by atoms with Crippen LogP contribution in [0, 0.1) is 0 Å². The summed E-state index contributed by atoms with van der Waals surface area (Å²) in [5.41, 5.74) is 0. The van der Waals surface area contributed by atoms with E-state index in [0.717, 1.165) is 91.1 Å². The molecule has 0 spiro atoms. The number of hydrogen-bond donors (Lipinski definition) is 2. The monoisotopic (exact) mass is 500 g/mol. The fraction of sp³-hybridized carbons (Fsp3) is 0.600. The lowest BCUT2D eigenvalue weighted by atomic mass is 10.1. The minimum absolute atomic E-state index is 0.323. The zero-order valence-corrected chi connectivity index (χ0v) is 22.6. The van der Waals surface area contributed by atoms with Gasteiger partial charge in [0.25, 0.3) is 0 Å². The Balaban J connectivity index is 0.000000381. The van der Waals surface area contributed by atoms with Crippen molar-refractivity contribution in [1.29, 1.82) is 0 Å². The van der Waals surface area contributed by atoms with Crippen molar-refractivity contribution in [3.8, 4) is 0 Å². The van der Waals surface area contributed by atoms with Gasteiger partial charge in [0.1, 0.15) is 0 Å². The van der Waals surface area contributed by atoms with Gasteiger partial charge in [-0.25, -0.2) is 0 Å². The molecular formula is C30H52N4O2. The molecule has 0 radical (unpaired) electrons. The number of ether oxygens (including phenoxy) is 2. The average molecular weight is 501 g/mol. The van der Waals surface area contributed by atoms with E-state index in [4.69, 9.17) is 9.47 Å². The molecule has 0 aliphatic carbocycles. The topological polar surface area (TPSA) is 49.0 Å². The van der Waals surface area contributed by atoms with Crippen molar-refractivity contribution in [2.45, 2.75) is 50.1 Å². The summed E-state index contributed by atoms with van der Waals surface area (Å²) in [6, 6.07) is 0. The Hall–Kier alpha value is -1.80. The summed E-state index contributed by atoms with van der Waals surface area (Å²) < 4.78 is 12.0. The van der Waals surface area contributed by atoms with Gasteiger partial charge in [-0.3, -0.25) is 9.80 Å². The number of nitrogens with one attached hydrogen (secondary N) is 2. The maximum absolute atomic E-state index is 6.19. The molecule has 2 rings (SSSR count). The Morgan fingerprint density at radius 1 is 0.528 bits per heavy atom. The molecule has 2 aliphatic heterocycles. The first kappa shape index (κ1) is 32.2. The lowest BCUT2D eigenvalue weighted by Gasteiger charge is -2.25. The molecule has 4 atom stereocenters. The van der Waals surface area contributed by atoms with E-state index in [0.29, 0.717) is 24.4 Å². The molecule has 0 bridgehead atoms. The minimum atomic E-state index is 0.323. The van der Waals surface area contributed by atoms with Crippen LogP contribution >= 0.6 is 0 Å². The average Bonchev–Trinajstić information content (AvgIpc) is 3.50. The standard InChI is InChI=1S/C18H30N2O.C12H22N2O/c1-5-11-19(12-6-2)15-17-9-10-18(21-17)16-20(13-7-3)14-8-4;1-3-7-13-9-11-5-6-12(15-11)10-14-8-4-2/h5-8,17-18H,1-4,9-16H2;3-4,11-14H,1-2,5-10H2. The van der Waals surface area contributed by atoms with Crippen molar-refractivity contribution in [1.82, 2.24) is 20.4 Å². The van der Waals surface area contributed by atoms with Gasteiger partial charge in [-0.1, -0.05) is 36.5 Å². The highest BCUT2D eigenvalue weighted by atomic mass is 16.5. The van der Waals surface area contributed by atoms with Crippen molar-refractivity contribution in [2.24, 2.45) is 0 Å². The van der Waals surface area contributed by atoms with E-state index < -0.39 is 0 Å². The zero-order valence-electron chi connectivity index (χ0n) is 22.6. The SMILES string of the molecule is C=CCN(CC=C)CC1CCC(CN(CC=C)CC=C)O1.C=CCNCC1CCC(CNCC=C)O1. The molecule has 2 heterocycles. The summed E-state index contributed by atoms with van der Waals surface area (Å²) in [5, 5.41) is 6.57. The number of nitrogens with zero attached hydrogens (tertiary/aromatic N) is 2. The van der Waals surface area contributed by atoms with Gasteiger partial charge in [-0.2, -0.15) is 0 Å². The zero-order chi connectivity index (χ0) is 26.4. The summed E-state index contributed by atoms with van der Waals surface area (Å²) >= 11 is 0. The first-order valence-corrected chi connectivity index (χ1v) is 13.4. The van der Waals surface area contributed by atoms with Gasteiger partial charge in [0.15, 0.2) is 0 Å². The van der Waals surface area contributed by atoms with Gasteiger partial charge in [0, 0.05) is 65.4 Å². The van der Waals surface area contributed by atoms with Crippen LogP contribution in [0.1, 0.15) is 25.7 Å². The molecular weight excluding hydrogens is 448 g/mol. The van der Waals surface area contributed by atoms with Crippen LogP contribution in [-0.2, 0) is 9.47 Å². The molecule has 6 nitrogen and oxygen atoms in total. The van der Waals surface area contributed by atoms with E-state index in [1.54, 1.807) is 0 Å². The Morgan fingerprint density at radius 2 is 0.861 bits per heavy atom. The minimum Gasteiger partial charge on any atom is -0.372 e. The Morgan fingerprint density at radius 3 is 1.19 bits per heavy atom. The highest BCUT2D eigenvalue weighted by molar-refractivity contribution is 4.87. The molecule has 0 aromatic heterocycles. The van der Waals surface area contributed by atoms with Gasteiger partial charge >= 0.3 is 0 Å². The van der Waals surface area contributed by atoms with Crippen LogP contribution in [-0.4, -0.2) is 99.7 Å². The van der Waals surface area contributed by atoms with Crippen molar-refractivity contribution in [2.75, 3.05) is 65.4 Å². The van der Waals surface area contributed by atoms with Crippen LogP contribution in [0.4, 0.5) is 0 Å². The van der Waals surface area contributed by atoms with Crippen LogP contribution in [0.15, 0.2) is 75.9 Å². The van der Waals surface area contributed by atoms with Gasteiger partial charge in [-0.05, 0) is 25.7 Å². The molecule has 2 fully saturated rings. The molecule has 0 amide bonds. The molecule has 0 aromatic carbocycles. The lowest BCUT2D eigenvalue weighted by molar-refractivity contribution is 0.0122. The lowest BCUT2D eigenvalue weighted by Crippen LogP contribution is -2.35. The first-order chi connectivity index (χ1) is 17.6. The highest BCUT2D eigenvalue weighted by Gasteiger charge is 2.27. The third-order valence-corrected chi connectivity index (χ3v) is 6.19. The van der Waals surface area contributed by atoms with E-state index in [1.165, 1.54) is 0 Å². The van der Waals surface area contributed by atoms with Crippen molar-refractivity contribution in [3.63, 3.8) is 0 Å². The Kier molecular flexibility index (Phi) is 19.1. The second-order valence-corrected chi connectivity index (χ2v) is 9.40. The maximum atomic E-state index is 6.19. The normalized spacial score (nSPS) is 23.2. The molecule has 204 valence electrons. The van der Waals surface area contributed by atoms with E-state index in [1.807, 2.05) is 36.5 Å². The Bertz CT molecular complexity index is 566. The highest BCUT2D eigenvalue weighted by Crippen LogP contribution is 2.21. The molecule has 6 heteroatoms. The number of hydrogen-bond acceptors (Lipinski definition) is 6. The van der Waals surface area contributed by atoms with Crippen LogP contribution in [0.3, 0.4) is 0 Å². The molecule has 2 aliphatic rings. The van der Waals surface area contributed by atoms with Gasteiger partial charge in [-0.15, -0.1) is 39.5 Å². The van der Waals surface area contributed by atoms with E-state index in [-0.39, 0.29) is 0 Å². The third kappa shape index (κ3) is 14.7. The Labute approximate surface area is 221 Å². The van der Waals surface area contributed by atoms with E-state index in [9.17, 15) is 0 Å². The molecule has 36 heavy (non-hydrogen) atoms. The largest absolute Gasteiger partial charge is 0.372 e. The molecule has 2 N–H and O–H groups in total. The third-order valence-electron chi connectivity index (χ3n) is 6.19. The predicted molar refractivity (Wildman–Crippen MR) is 156 cm³/mol. The molecule has 0 aromatic rings. The smallest absolute Gasteiger partial charge is 0.0707 e. The van der Waals surface area contributed by atoms with E-state index >= 15 is 0 Å². The molecule has 0 saturated carbocycles. The summed E-state index contributed by atoms with van der Waals surface area (Å²) in [5.74, 6) is 0. The molecule has 4 unspecified atom stereocenters. The second kappa shape index (κ2) is 21.3. The molecule has 2 saturated heterocycles. The van der Waals surface area contributed by atoms with Gasteiger partial charge < -0.3 is 20.1 Å². The van der Waals surface area contributed by atoms with Gasteiger partial charge in [0.2, 0.25) is 0 Å². The van der Waals surface area contributed by atoms with Crippen LogP contribution in [0.2, 0.25) is 0 Å². The number of rotatable bonds is 20. The maximum Gasteiger partial charge on any atom is 0.0707 e. The first-order valence-electron chi connectivity index (χ1n) is 13.4. The summed E-state index contributed by atoms with van der Waals surface area (Å²) in [6.07, 6.45) is 17.5. The van der Waals surface area contributed by atoms with Crippen molar-refractivity contribution < 1.29 is 9.47 Å². The fourth-order valence-corrected chi connectivity index (χ4v) is 4.58. The predicted octanol–water partition coefficient (Wildman–Crippen LogP) is 3.97. The second-order valence-electron chi connectivity index (χ2n) is 9.40.